The third kappa shape index (κ3) is 3.62. The van der Waals surface area contributed by atoms with Crippen LogP contribution in [0.5, 0.6) is 0 Å². The minimum atomic E-state index is -3.17. The van der Waals surface area contributed by atoms with Gasteiger partial charge in [-0.15, -0.1) is 5.10 Å². The maximum atomic E-state index is 11.5. The minimum absolute atomic E-state index is 0.0320. The van der Waals surface area contributed by atoms with E-state index in [1.165, 1.54) is 6.26 Å². The smallest absolute Gasteiger partial charge is 0.175 e. The van der Waals surface area contributed by atoms with Gasteiger partial charge in [0.2, 0.25) is 0 Å². The number of nitrogens with zero attached hydrogens (tertiary/aromatic N) is 3. The summed E-state index contributed by atoms with van der Waals surface area (Å²) in [6, 6.07) is 14.8. The number of rotatable bonds is 5. The van der Waals surface area contributed by atoms with Crippen LogP contribution in [0.25, 0.3) is 5.69 Å². The molecule has 1 heterocycles. The molecule has 0 saturated carbocycles. The summed E-state index contributed by atoms with van der Waals surface area (Å²) in [5.74, 6) is 0. The molecule has 2 aromatic carbocycles. The Kier molecular flexibility index (Phi) is 4.35. The fourth-order valence-electron chi connectivity index (χ4n) is 2.42. The van der Waals surface area contributed by atoms with E-state index in [0.717, 1.165) is 16.9 Å². The highest BCUT2D eigenvalue weighted by Crippen LogP contribution is 2.22. The monoisotopic (exact) mass is 342 g/mol. The number of nitrogens with one attached hydrogen (secondary N) is 1. The van der Waals surface area contributed by atoms with E-state index in [1.54, 1.807) is 29.2 Å². The Morgan fingerprint density at radius 2 is 1.88 bits per heavy atom. The van der Waals surface area contributed by atoms with E-state index in [4.69, 9.17) is 0 Å². The molecular formula is C17H18N4O2S. The van der Waals surface area contributed by atoms with Crippen molar-refractivity contribution in [3.05, 3.63) is 66.5 Å². The largest absolute Gasteiger partial charge is 0.378 e. The van der Waals surface area contributed by atoms with E-state index < -0.39 is 9.84 Å². The van der Waals surface area contributed by atoms with E-state index in [2.05, 4.69) is 15.6 Å². The second kappa shape index (κ2) is 6.45. The van der Waals surface area contributed by atoms with Gasteiger partial charge in [-0.1, -0.05) is 23.4 Å². The molecule has 1 atom stereocenters. The van der Waals surface area contributed by atoms with Crippen LogP contribution in [0.4, 0.5) is 5.69 Å². The summed E-state index contributed by atoms with van der Waals surface area (Å²) in [7, 11) is -3.17. The summed E-state index contributed by atoms with van der Waals surface area (Å²) in [5, 5.41) is 11.2. The molecular weight excluding hydrogens is 324 g/mol. The predicted octanol–water partition coefficient (Wildman–Crippen LogP) is 2.84. The zero-order valence-electron chi connectivity index (χ0n) is 13.4. The fraction of sp³-hybridized carbons (Fsp3) is 0.176. The lowest BCUT2D eigenvalue weighted by atomic mass is 10.1. The molecule has 6 nitrogen and oxygen atoms in total. The summed E-state index contributed by atoms with van der Waals surface area (Å²) < 4.78 is 24.7. The number of anilines is 1. The molecule has 0 bridgehead atoms. The zero-order chi connectivity index (χ0) is 17.2. The minimum Gasteiger partial charge on any atom is -0.378 e. The van der Waals surface area contributed by atoms with Crippen molar-refractivity contribution < 1.29 is 8.42 Å². The topological polar surface area (TPSA) is 76.9 Å². The quantitative estimate of drug-likeness (QED) is 0.771. The first-order valence-corrected chi connectivity index (χ1v) is 9.36. The molecule has 0 aliphatic heterocycles. The summed E-state index contributed by atoms with van der Waals surface area (Å²) in [6.45, 7) is 2.03. The first-order valence-electron chi connectivity index (χ1n) is 7.47. The average Bonchev–Trinajstić information content (AvgIpc) is 3.09. The van der Waals surface area contributed by atoms with Crippen LogP contribution in [-0.4, -0.2) is 29.7 Å². The molecule has 3 aromatic rings. The van der Waals surface area contributed by atoms with Gasteiger partial charge in [0, 0.05) is 18.0 Å². The van der Waals surface area contributed by atoms with E-state index in [1.807, 2.05) is 43.3 Å². The second-order valence-electron chi connectivity index (χ2n) is 5.61. The fourth-order valence-corrected chi connectivity index (χ4v) is 3.05. The summed E-state index contributed by atoms with van der Waals surface area (Å²) in [6.07, 6.45) is 4.62. The molecule has 0 amide bonds. The van der Waals surface area contributed by atoms with Crippen molar-refractivity contribution in [2.75, 3.05) is 11.6 Å². The number of hydrogen-bond donors (Lipinski definition) is 1. The predicted molar refractivity (Wildman–Crippen MR) is 92.9 cm³/mol. The zero-order valence-corrected chi connectivity index (χ0v) is 14.2. The van der Waals surface area contributed by atoms with Gasteiger partial charge in [0.1, 0.15) is 0 Å². The van der Waals surface area contributed by atoms with Gasteiger partial charge < -0.3 is 5.32 Å². The molecule has 0 fully saturated rings. The molecule has 1 aromatic heterocycles. The summed E-state index contributed by atoms with van der Waals surface area (Å²) in [5.41, 5.74) is 2.87. The molecule has 0 radical (unpaired) electrons. The van der Waals surface area contributed by atoms with Gasteiger partial charge in [-0.2, -0.15) is 0 Å². The van der Waals surface area contributed by atoms with Crippen molar-refractivity contribution in [2.45, 2.75) is 17.9 Å². The lowest BCUT2D eigenvalue weighted by molar-refractivity contribution is 0.602. The maximum absolute atomic E-state index is 11.5. The third-order valence-electron chi connectivity index (χ3n) is 3.72. The molecule has 0 unspecified atom stereocenters. The molecule has 0 saturated heterocycles. The Morgan fingerprint density at radius 1 is 1.12 bits per heavy atom. The highest BCUT2D eigenvalue weighted by molar-refractivity contribution is 7.90. The Balaban J connectivity index is 1.77. The number of hydrogen-bond acceptors (Lipinski definition) is 5. The molecule has 0 aliphatic rings. The van der Waals surface area contributed by atoms with Crippen molar-refractivity contribution in [1.29, 1.82) is 0 Å². The van der Waals surface area contributed by atoms with Gasteiger partial charge in [0.15, 0.2) is 9.84 Å². The van der Waals surface area contributed by atoms with Crippen LogP contribution in [0.2, 0.25) is 0 Å². The Labute approximate surface area is 141 Å². The van der Waals surface area contributed by atoms with Crippen molar-refractivity contribution in [3.8, 4) is 5.69 Å². The standard InChI is InChI=1S/C17H18N4O2S/c1-13(14-6-8-17(9-7-14)24(2,22)23)19-15-4-3-5-16(12-15)21-11-10-18-20-21/h3-13,19H,1-2H3/t13-/m1/s1. The molecule has 0 spiro atoms. The van der Waals surface area contributed by atoms with Gasteiger partial charge in [-0.25, -0.2) is 13.1 Å². The van der Waals surface area contributed by atoms with E-state index in [0.29, 0.717) is 4.90 Å². The van der Waals surface area contributed by atoms with E-state index in [-0.39, 0.29) is 6.04 Å². The lowest BCUT2D eigenvalue weighted by Gasteiger charge is -2.16. The first-order chi connectivity index (χ1) is 11.4. The molecule has 3 rings (SSSR count). The Bertz CT molecular complexity index is 919. The average molecular weight is 342 g/mol. The molecule has 124 valence electrons. The number of benzene rings is 2. The number of sulfone groups is 1. The number of aromatic nitrogens is 3. The van der Waals surface area contributed by atoms with Crippen LogP contribution in [0.15, 0.2) is 65.8 Å². The van der Waals surface area contributed by atoms with Gasteiger partial charge >= 0.3 is 0 Å². The Morgan fingerprint density at radius 3 is 2.50 bits per heavy atom. The van der Waals surface area contributed by atoms with Crippen LogP contribution < -0.4 is 5.32 Å². The molecule has 7 heteroatoms. The highest BCUT2D eigenvalue weighted by atomic mass is 32.2. The summed E-state index contributed by atoms with van der Waals surface area (Å²) >= 11 is 0. The SMILES string of the molecule is C[C@@H](Nc1cccc(-n2ccnn2)c1)c1ccc(S(C)(=O)=O)cc1. The van der Waals surface area contributed by atoms with Crippen LogP contribution in [-0.2, 0) is 9.84 Å². The van der Waals surface area contributed by atoms with Gasteiger partial charge in [-0.3, -0.25) is 0 Å². The molecule has 0 aliphatic carbocycles. The van der Waals surface area contributed by atoms with Crippen LogP contribution >= 0.6 is 0 Å². The van der Waals surface area contributed by atoms with Crippen molar-refractivity contribution in [1.82, 2.24) is 15.0 Å². The normalized spacial score (nSPS) is 12.8. The van der Waals surface area contributed by atoms with Gasteiger partial charge in [-0.05, 0) is 42.8 Å². The Hall–Kier alpha value is -2.67. The van der Waals surface area contributed by atoms with Crippen LogP contribution in [0.1, 0.15) is 18.5 Å². The third-order valence-corrected chi connectivity index (χ3v) is 4.85. The van der Waals surface area contributed by atoms with Crippen molar-refractivity contribution >= 4 is 15.5 Å². The van der Waals surface area contributed by atoms with Crippen molar-refractivity contribution in [3.63, 3.8) is 0 Å². The van der Waals surface area contributed by atoms with E-state index >= 15 is 0 Å². The second-order valence-corrected chi connectivity index (χ2v) is 7.62. The van der Waals surface area contributed by atoms with Crippen molar-refractivity contribution in [2.24, 2.45) is 0 Å². The van der Waals surface area contributed by atoms with E-state index in [9.17, 15) is 8.42 Å². The highest BCUT2D eigenvalue weighted by Gasteiger charge is 2.10. The molecule has 24 heavy (non-hydrogen) atoms. The molecule has 1 N–H and O–H groups in total. The van der Waals surface area contributed by atoms with Crippen LogP contribution in [0, 0.1) is 0 Å². The van der Waals surface area contributed by atoms with Crippen LogP contribution in [0.3, 0.4) is 0 Å². The van der Waals surface area contributed by atoms with Gasteiger partial charge in [0.05, 0.1) is 23.0 Å². The first kappa shape index (κ1) is 16.2. The van der Waals surface area contributed by atoms with Gasteiger partial charge in [0.25, 0.3) is 0 Å². The lowest BCUT2D eigenvalue weighted by Crippen LogP contribution is -2.07. The maximum Gasteiger partial charge on any atom is 0.175 e. The summed E-state index contributed by atoms with van der Waals surface area (Å²) in [4.78, 5) is 0.326.